The second-order valence-electron chi connectivity index (χ2n) is 7.89. The molecule has 2 atom stereocenters. The summed E-state index contributed by atoms with van der Waals surface area (Å²) >= 11 is 12.0. The third kappa shape index (κ3) is 3.92. The van der Waals surface area contributed by atoms with Crippen molar-refractivity contribution in [2.45, 2.75) is 25.8 Å². The molecule has 2 aromatic carbocycles. The van der Waals surface area contributed by atoms with Crippen molar-refractivity contribution < 1.29 is 14.3 Å². The van der Waals surface area contributed by atoms with Crippen molar-refractivity contribution in [2.75, 3.05) is 6.61 Å². The molecule has 1 aliphatic carbocycles. The van der Waals surface area contributed by atoms with Crippen molar-refractivity contribution >= 4 is 35.1 Å². The Bertz CT molecular complexity index is 1000. The summed E-state index contributed by atoms with van der Waals surface area (Å²) < 4.78 is 5.35. The van der Waals surface area contributed by atoms with Crippen LogP contribution < -0.4 is 5.32 Å². The number of esters is 1. The number of ether oxygens (including phenoxy) is 1. The maximum Gasteiger partial charge on any atom is 0.313 e. The van der Waals surface area contributed by atoms with Gasteiger partial charge in [0.2, 0.25) is 0 Å². The molecule has 4 rings (SSSR count). The number of carbonyl (C=O) groups is 2. The number of allylic oxidation sites excluding steroid dienone is 1. The SMILES string of the molecule is C=C1CC2COC(=O)C2(Cc2cccc(C(=O)NCc3ccc(Cl)c(Cl)c3)c2)C1. The van der Waals surface area contributed by atoms with Gasteiger partial charge in [0, 0.05) is 18.0 Å². The zero-order valence-corrected chi connectivity index (χ0v) is 17.4. The van der Waals surface area contributed by atoms with Crippen LogP contribution >= 0.6 is 23.2 Å². The van der Waals surface area contributed by atoms with Crippen molar-refractivity contribution in [3.63, 3.8) is 0 Å². The zero-order chi connectivity index (χ0) is 20.6. The quantitative estimate of drug-likeness (QED) is 0.538. The predicted octanol–water partition coefficient (Wildman–Crippen LogP) is 4.98. The molecule has 1 saturated heterocycles. The van der Waals surface area contributed by atoms with Gasteiger partial charge in [0.05, 0.1) is 22.1 Å². The molecular weight excluding hydrogens is 409 g/mol. The predicted molar refractivity (Wildman–Crippen MR) is 113 cm³/mol. The Morgan fingerprint density at radius 2 is 2.00 bits per heavy atom. The number of fused-ring (bicyclic) bond motifs is 1. The highest BCUT2D eigenvalue weighted by Crippen LogP contribution is 2.52. The molecule has 29 heavy (non-hydrogen) atoms. The Labute approximate surface area is 179 Å². The van der Waals surface area contributed by atoms with Crippen molar-refractivity contribution in [2.24, 2.45) is 11.3 Å². The van der Waals surface area contributed by atoms with E-state index in [0.29, 0.717) is 41.6 Å². The third-order valence-corrected chi connectivity index (χ3v) is 6.59. The first-order chi connectivity index (χ1) is 13.9. The molecule has 2 aromatic rings. The summed E-state index contributed by atoms with van der Waals surface area (Å²) in [7, 11) is 0. The number of halogens is 2. The van der Waals surface area contributed by atoms with Crippen LogP contribution in [0.1, 0.15) is 34.3 Å². The van der Waals surface area contributed by atoms with Gasteiger partial charge in [-0.2, -0.15) is 0 Å². The lowest BCUT2D eigenvalue weighted by atomic mass is 9.75. The fourth-order valence-electron chi connectivity index (χ4n) is 4.38. The van der Waals surface area contributed by atoms with Gasteiger partial charge in [-0.1, -0.05) is 53.6 Å². The van der Waals surface area contributed by atoms with Crippen molar-refractivity contribution in [1.82, 2.24) is 5.32 Å². The zero-order valence-electron chi connectivity index (χ0n) is 15.8. The van der Waals surface area contributed by atoms with Crippen LogP contribution in [0.15, 0.2) is 54.6 Å². The summed E-state index contributed by atoms with van der Waals surface area (Å²) in [5.74, 6) is -0.151. The largest absolute Gasteiger partial charge is 0.465 e. The Hall–Kier alpha value is -2.30. The Kier molecular flexibility index (Phi) is 5.41. The van der Waals surface area contributed by atoms with E-state index < -0.39 is 5.41 Å². The minimum Gasteiger partial charge on any atom is -0.465 e. The number of rotatable bonds is 5. The molecule has 1 heterocycles. The highest BCUT2D eigenvalue weighted by molar-refractivity contribution is 6.42. The highest BCUT2D eigenvalue weighted by atomic mass is 35.5. The number of nitrogens with one attached hydrogen (secondary N) is 1. The van der Waals surface area contributed by atoms with E-state index in [1.807, 2.05) is 24.3 Å². The van der Waals surface area contributed by atoms with Gasteiger partial charge in [0.1, 0.15) is 0 Å². The van der Waals surface area contributed by atoms with Crippen LogP contribution in [0.2, 0.25) is 10.0 Å². The monoisotopic (exact) mass is 429 g/mol. The fourth-order valence-corrected chi connectivity index (χ4v) is 4.70. The molecule has 4 nitrogen and oxygen atoms in total. The second kappa shape index (κ2) is 7.85. The van der Waals surface area contributed by atoms with Crippen LogP contribution in [-0.4, -0.2) is 18.5 Å². The molecule has 6 heteroatoms. The van der Waals surface area contributed by atoms with Gasteiger partial charge in [0.25, 0.3) is 5.91 Å². The first kappa shape index (κ1) is 20.0. The third-order valence-electron chi connectivity index (χ3n) is 5.85. The van der Waals surface area contributed by atoms with E-state index in [9.17, 15) is 9.59 Å². The Morgan fingerprint density at radius 1 is 1.17 bits per heavy atom. The number of benzene rings is 2. The smallest absolute Gasteiger partial charge is 0.313 e. The fraction of sp³-hybridized carbons (Fsp3) is 0.304. The molecule has 1 saturated carbocycles. The maximum absolute atomic E-state index is 12.6. The maximum atomic E-state index is 12.6. The van der Waals surface area contributed by atoms with Crippen LogP contribution in [0.25, 0.3) is 0 Å². The van der Waals surface area contributed by atoms with Crippen molar-refractivity contribution in [3.8, 4) is 0 Å². The van der Waals surface area contributed by atoms with E-state index in [2.05, 4.69) is 11.9 Å². The molecule has 1 N–H and O–H groups in total. The standard InChI is InChI=1S/C23H21Cl2NO3/c1-14-7-18-13-29-22(28)23(18,10-14)11-15-3-2-4-17(8-15)21(27)26-12-16-5-6-19(24)20(25)9-16/h2-6,8-9,18H,1,7,10-13H2,(H,26,27). The highest BCUT2D eigenvalue weighted by Gasteiger charge is 2.55. The van der Waals surface area contributed by atoms with Crippen LogP contribution in [-0.2, 0) is 22.5 Å². The first-order valence-electron chi connectivity index (χ1n) is 9.52. The summed E-state index contributed by atoms with van der Waals surface area (Å²) in [5.41, 5.74) is 2.93. The average molecular weight is 430 g/mol. The first-order valence-corrected chi connectivity index (χ1v) is 10.3. The van der Waals surface area contributed by atoms with Gasteiger partial charge in [-0.25, -0.2) is 0 Å². The Morgan fingerprint density at radius 3 is 2.79 bits per heavy atom. The summed E-state index contributed by atoms with van der Waals surface area (Å²) in [4.78, 5) is 25.1. The molecule has 0 bridgehead atoms. The van der Waals surface area contributed by atoms with Crippen LogP contribution in [0, 0.1) is 11.3 Å². The average Bonchev–Trinajstić information content (AvgIpc) is 3.16. The molecule has 2 unspecified atom stereocenters. The van der Waals surface area contributed by atoms with Crippen molar-refractivity contribution in [3.05, 3.63) is 81.4 Å². The molecule has 150 valence electrons. The van der Waals surface area contributed by atoms with E-state index in [4.69, 9.17) is 27.9 Å². The van der Waals surface area contributed by atoms with E-state index in [1.54, 1.807) is 18.2 Å². The van der Waals surface area contributed by atoms with Gasteiger partial charge in [0.15, 0.2) is 0 Å². The minimum atomic E-state index is -0.535. The summed E-state index contributed by atoms with van der Waals surface area (Å²) in [6.07, 6.45) is 2.04. The molecule has 0 spiro atoms. The minimum absolute atomic E-state index is 0.143. The van der Waals surface area contributed by atoms with Gasteiger partial charge in [-0.05, 0) is 54.7 Å². The van der Waals surface area contributed by atoms with Crippen LogP contribution in [0.3, 0.4) is 0 Å². The van der Waals surface area contributed by atoms with Crippen molar-refractivity contribution in [1.29, 1.82) is 0 Å². The molecule has 2 fully saturated rings. The number of hydrogen-bond donors (Lipinski definition) is 1. The van der Waals surface area contributed by atoms with E-state index >= 15 is 0 Å². The van der Waals surface area contributed by atoms with E-state index in [0.717, 1.165) is 23.1 Å². The molecule has 0 radical (unpaired) electrons. The summed E-state index contributed by atoms with van der Waals surface area (Å²) in [6, 6.07) is 12.7. The normalized spacial score (nSPS) is 23.0. The second-order valence-corrected chi connectivity index (χ2v) is 8.71. The van der Waals surface area contributed by atoms with E-state index in [-0.39, 0.29) is 17.8 Å². The number of amides is 1. The number of hydrogen-bond acceptors (Lipinski definition) is 3. The molecule has 1 amide bonds. The topological polar surface area (TPSA) is 55.4 Å². The van der Waals surface area contributed by atoms with Gasteiger partial charge >= 0.3 is 5.97 Å². The molecule has 1 aliphatic heterocycles. The van der Waals surface area contributed by atoms with Gasteiger partial charge < -0.3 is 10.1 Å². The molecular formula is C23H21Cl2NO3. The summed E-state index contributed by atoms with van der Waals surface area (Å²) in [6.45, 7) is 4.88. The summed E-state index contributed by atoms with van der Waals surface area (Å²) in [5, 5.41) is 3.83. The lowest BCUT2D eigenvalue weighted by Crippen LogP contribution is -2.31. The lowest BCUT2D eigenvalue weighted by Gasteiger charge is -2.24. The molecule has 2 aliphatic rings. The molecule has 0 aromatic heterocycles. The number of cyclic esters (lactones) is 1. The Balaban J connectivity index is 1.47. The van der Waals surface area contributed by atoms with Gasteiger partial charge in [-0.15, -0.1) is 0 Å². The van der Waals surface area contributed by atoms with Crippen LogP contribution in [0.4, 0.5) is 0 Å². The van der Waals surface area contributed by atoms with Crippen LogP contribution in [0.5, 0.6) is 0 Å². The van der Waals surface area contributed by atoms with E-state index in [1.165, 1.54) is 0 Å². The number of carbonyl (C=O) groups excluding carboxylic acids is 2. The van der Waals surface area contributed by atoms with Gasteiger partial charge in [-0.3, -0.25) is 9.59 Å². The lowest BCUT2D eigenvalue weighted by molar-refractivity contribution is -0.146.